The van der Waals surface area contributed by atoms with Gasteiger partial charge < -0.3 is 11.1 Å². The van der Waals surface area contributed by atoms with Crippen LogP contribution in [0.4, 0.5) is 0 Å². The van der Waals surface area contributed by atoms with Crippen LogP contribution in [0.15, 0.2) is 0 Å². The molecule has 1 rings (SSSR count). The average Bonchev–Trinajstić information content (AvgIpc) is 2.43. The molecule has 1 aliphatic heterocycles. The van der Waals surface area contributed by atoms with Gasteiger partial charge in [-0.15, -0.1) is 12.4 Å². The monoisotopic (exact) mass is 387 g/mol. The van der Waals surface area contributed by atoms with Gasteiger partial charge in [0.25, 0.3) is 0 Å². The molecule has 23 heavy (non-hydrogen) atoms. The topological polar surface area (TPSA) is 92.5 Å². The van der Waals surface area contributed by atoms with Crippen LogP contribution < -0.4 is 11.1 Å². The number of nitrogens with one attached hydrogen (secondary N) is 1. The molecule has 1 atom stereocenters. The molecule has 0 bridgehead atoms. The van der Waals surface area contributed by atoms with Gasteiger partial charge in [0, 0.05) is 19.1 Å². The maximum absolute atomic E-state index is 12.2. The molecule has 1 amide bonds. The predicted octanol–water partition coefficient (Wildman–Crippen LogP) is 1.06. The molecule has 1 heterocycles. The summed E-state index contributed by atoms with van der Waals surface area (Å²) in [6, 6.07) is -0.450. The van der Waals surface area contributed by atoms with Crippen LogP contribution >= 0.6 is 24.2 Å². The van der Waals surface area contributed by atoms with Crippen molar-refractivity contribution in [1.29, 1.82) is 0 Å². The molecule has 0 aliphatic carbocycles. The minimum Gasteiger partial charge on any atom is -0.352 e. The van der Waals surface area contributed by atoms with Gasteiger partial charge in [-0.2, -0.15) is 11.8 Å². The normalized spacial score (nSPS) is 18.5. The van der Waals surface area contributed by atoms with E-state index in [4.69, 9.17) is 5.73 Å². The van der Waals surface area contributed by atoms with E-state index in [1.54, 1.807) is 16.1 Å². The second kappa shape index (κ2) is 10.8. The molecule has 0 aromatic carbocycles. The third-order valence-corrected chi connectivity index (χ3v) is 6.59. The summed E-state index contributed by atoms with van der Waals surface area (Å²) in [6.07, 6.45) is 3.95. The average molecular weight is 388 g/mol. The second-order valence-electron chi connectivity index (χ2n) is 6.24. The molecule has 0 aromatic heterocycles. The van der Waals surface area contributed by atoms with E-state index in [1.165, 1.54) is 0 Å². The molecule has 0 saturated carbocycles. The van der Waals surface area contributed by atoms with Crippen LogP contribution in [0.25, 0.3) is 0 Å². The van der Waals surface area contributed by atoms with Crippen LogP contribution in [0.3, 0.4) is 0 Å². The first kappa shape index (κ1) is 23.0. The van der Waals surface area contributed by atoms with Crippen LogP contribution in [0.1, 0.15) is 33.1 Å². The Labute approximate surface area is 150 Å². The SMILES string of the molecule is CSCCC(N)C(=O)NC1CCN(S(=O)(=O)CC(C)C)CC1.Cl. The van der Waals surface area contributed by atoms with E-state index in [-0.39, 0.29) is 36.0 Å². The fourth-order valence-electron chi connectivity index (χ4n) is 2.49. The van der Waals surface area contributed by atoms with Gasteiger partial charge in [0.1, 0.15) is 0 Å². The Hall–Kier alpha value is -0.0200. The number of amides is 1. The molecule has 1 saturated heterocycles. The molecule has 0 radical (unpaired) electrons. The zero-order valence-corrected chi connectivity index (χ0v) is 16.6. The van der Waals surface area contributed by atoms with Crippen molar-refractivity contribution in [2.45, 2.75) is 45.2 Å². The molecule has 0 aromatic rings. The fraction of sp³-hybridized carbons (Fsp3) is 0.929. The van der Waals surface area contributed by atoms with Crippen LogP contribution in [0, 0.1) is 5.92 Å². The highest BCUT2D eigenvalue weighted by Crippen LogP contribution is 2.16. The quantitative estimate of drug-likeness (QED) is 0.649. The molecule has 0 spiro atoms. The fourth-order valence-corrected chi connectivity index (χ4v) is 4.80. The number of sulfonamides is 1. The molecular formula is C14H30ClN3O3S2. The summed E-state index contributed by atoms with van der Waals surface area (Å²) in [7, 11) is -3.17. The van der Waals surface area contributed by atoms with E-state index in [9.17, 15) is 13.2 Å². The van der Waals surface area contributed by atoms with Crippen molar-refractivity contribution >= 4 is 40.1 Å². The van der Waals surface area contributed by atoms with Crippen molar-refractivity contribution in [3.8, 4) is 0 Å². The highest BCUT2D eigenvalue weighted by Gasteiger charge is 2.29. The minimum atomic E-state index is -3.17. The number of rotatable bonds is 8. The van der Waals surface area contributed by atoms with Crippen molar-refractivity contribution in [2.75, 3.05) is 30.9 Å². The number of carbonyl (C=O) groups is 1. The first-order chi connectivity index (χ1) is 10.3. The molecule has 1 fully saturated rings. The van der Waals surface area contributed by atoms with Gasteiger partial charge in [0.15, 0.2) is 0 Å². The first-order valence-corrected chi connectivity index (χ1v) is 10.8. The van der Waals surface area contributed by atoms with E-state index in [0.717, 1.165) is 5.75 Å². The zero-order valence-electron chi connectivity index (χ0n) is 14.2. The summed E-state index contributed by atoms with van der Waals surface area (Å²) in [5.74, 6) is 1.04. The van der Waals surface area contributed by atoms with Crippen LogP contribution in [0.5, 0.6) is 0 Å². The Morgan fingerprint density at radius 1 is 1.35 bits per heavy atom. The lowest BCUT2D eigenvalue weighted by Crippen LogP contribution is -2.51. The third-order valence-electron chi connectivity index (χ3n) is 3.71. The number of piperidine rings is 1. The molecule has 9 heteroatoms. The largest absolute Gasteiger partial charge is 0.352 e. The zero-order chi connectivity index (χ0) is 16.8. The van der Waals surface area contributed by atoms with E-state index in [2.05, 4.69) is 5.32 Å². The molecule has 138 valence electrons. The second-order valence-corrected chi connectivity index (χ2v) is 9.24. The number of hydrogen-bond donors (Lipinski definition) is 2. The smallest absolute Gasteiger partial charge is 0.237 e. The van der Waals surface area contributed by atoms with Gasteiger partial charge in [0.05, 0.1) is 11.8 Å². The van der Waals surface area contributed by atoms with Gasteiger partial charge >= 0.3 is 0 Å². The maximum atomic E-state index is 12.2. The Morgan fingerprint density at radius 2 is 1.91 bits per heavy atom. The molecule has 1 aliphatic rings. The number of carbonyl (C=O) groups excluding carboxylic acids is 1. The number of nitrogens with zero attached hydrogens (tertiary/aromatic N) is 1. The number of halogens is 1. The Balaban J connectivity index is 0.00000484. The summed E-state index contributed by atoms with van der Waals surface area (Å²) in [6.45, 7) is 4.75. The van der Waals surface area contributed by atoms with Crippen molar-refractivity contribution in [3.05, 3.63) is 0 Å². The molecule has 3 N–H and O–H groups in total. The van der Waals surface area contributed by atoms with E-state index < -0.39 is 16.1 Å². The van der Waals surface area contributed by atoms with Gasteiger partial charge in [-0.1, -0.05) is 13.8 Å². The summed E-state index contributed by atoms with van der Waals surface area (Å²) in [5.41, 5.74) is 5.84. The molecule has 1 unspecified atom stereocenters. The summed E-state index contributed by atoms with van der Waals surface area (Å²) in [5, 5.41) is 2.95. The van der Waals surface area contributed by atoms with Crippen LogP contribution in [0.2, 0.25) is 0 Å². The number of nitrogens with two attached hydrogens (primary N) is 1. The lowest BCUT2D eigenvalue weighted by atomic mass is 10.1. The Morgan fingerprint density at radius 3 is 2.39 bits per heavy atom. The highest BCUT2D eigenvalue weighted by molar-refractivity contribution is 7.98. The van der Waals surface area contributed by atoms with Gasteiger partial charge in [0.2, 0.25) is 15.9 Å². The number of thioether (sulfide) groups is 1. The summed E-state index contributed by atoms with van der Waals surface area (Å²) < 4.78 is 25.9. The third kappa shape index (κ3) is 8.07. The van der Waals surface area contributed by atoms with Crippen LogP contribution in [-0.4, -0.2) is 61.6 Å². The lowest BCUT2D eigenvalue weighted by molar-refractivity contribution is -0.123. The summed E-state index contributed by atoms with van der Waals surface area (Å²) >= 11 is 1.67. The van der Waals surface area contributed by atoms with Gasteiger partial charge in [-0.3, -0.25) is 4.79 Å². The molecular weight excluding hydrogens is 358 g/mol. The van der Waals surface area contributed by atoms with Crippen LogP contribution in [-0.2, 0) is 14.8 Å². The van der Waals surface area contributed by atoms with Crippen molar-refractivity contribution in [1.82, 2.24) is 9.62 Å². The number of hydrogen-bond acceptors (Lipinski definition) is 5. The van der Waals surface area contributed by atoms with E-state index in [1.807, 2.05) is 20.1 Å². The standard InChI is InChI=1S/C14H29N3O3S2.ClH/c1-11(2)10-22(19,20)17-7-4-12(5-8-17)16-14(18)13(15)6-9-21-3;/h11-13H,4-10,15H2,1-3H3,(H,16,18);1H. The van der Waals surface area contributed by atoms with Gasteiger partial charge in [-0.25, -0.2) is 12.7 Å². The highest BCUT2D eigenvalue weighted by atomic mass is 35.5. The minimum absolute atomic E-state index is 0. The van der Waals surface area contributed by atoms with Crippen molar-refractivity contribution in [3.63, 3.8) is 0 Å². The Bertz CT molecular complexity index is 452. The van der Waals surface area contributed by atoms with Gasteiger partial charge in [-0.05, 0) is 37.2 Å². The lowest BCUT2D eigenvalue weighted by Gasteiger charge is -2.32. The first-order valence-electron chi connectivity index (χ1n) is 7.79. The molecule has 6 nitrogen and oxygen atoms in total. The predicted molar refractivity (Wildman–Crippen MR) is 99.6 cm³/mol. The summed E-state index contributed by atoms with van der Waals surface area (Å²) in [4.78, 5) is 12.0. The van der Waals surface area contributed by atoms with E-state index >= 15 is 0 Å². The Kier molecular flexibility index (Phi) is 10.8. The maximum Gasteiger partial charge on any atom is 0.237 e. The van der Waals surface area contributed by atoms with Crippen molar-refractivity contribution in [2.24, 2.45) is 11.7 Å². The van der Waals surface area contributed by atoms with Crippen molar-refractivity contribution < 1.29 is 13.2 Å². The van der Waals surface area contributed by atoms with E-state index in [0.29, 0.717) is 32.4 Å².